The Morgan fingerprint density at radius 1 is 0.882 bits per heavy atom. The number of benzene rings is 2. The number of fused-ring (bicyclic) bond motifs is 2. The number of carboxylic acids is 1. The lowest BCUT2D eigenvalue weighted by molar-refractivity contribution is -0.437. The monoisotopic (exact) mass is 757 g/mol. The van der Waals surface area contributed by atoms with Gasteiger partial charge in [0.05, 0.1) is 15.2 Å². The highest BCUT2D eigenvalue weighted by Gasteiger charge is 2.45. The Bertz CT molecular complexity index is 2010. The molecule has 0 atom stereocenters. The second kappa shape index (κ2) is 15.3. The molecule has 1 N–H and O–H groups in total. The molecule has 0 saturated heterocycles. The van der Waals surface area contributed by atoms with Crippen LogP contribution in [0.2, 0.25) is 19.1 Å². The Balaban J connectivity index is 1.68. The van der Waals surface area contributed by atoms with E-state index in [1.807, 2.05) is 58.1 Å². The van der Waals surface area contributed by atoms with Crippen molar-refractivity contribution in [3.63, 3.8) is 0 Å². The number of anilines is 1. The molecular formula is C37H49N2O9S2Si-. The second-order valence-corrected chi connectivity index (χ2v) is 22.0. The fourth-order valence-corrected chi connectivity index (χ4v) is 9.15. The molecule has 2 aliphatic heterocycles. The van der Waals surface area contributed by atoms with Gasteiger partial charge in [0.1, 0.15) is 26.8 Å². The van der Waals surface area contributed by atoms with Crippen molar-refractivity contribution in [2.45, 2.75) is 99.6 Å². The van der Waals surface area contributed by atoms with Crippen LogP contribution < -0.4 is 4.90 Å². The first-order valence-corrected chi connectivity index (χ1v) is 23.0. The minimum atomic E-state index is -4.66. The first-order valence-electron chi connectivity index (χ1n) is 17.1. The van der Waals surface area contributed by atoms with Crippen molar-refractivity contribution in [3.05, 3.63) is 83.6 Å². The summed E-state index contributed by atoms with van der Waals surface area (Å²) < 4.78 is 79.3. The summed E-state index contributed by atoms with van der Waals surface area (Å²) in [7, 11) is -9.36. The van der Waals surface area contributed by atoms with E-state index in [0.29, 0.717) is 32.4 Å². The third-order valence-electron chi connectivity index (χ3n) is 10.0. The number of rotatable bonds is 16. The molecule has 0 radical (unpaired) electrons. The van der Waals surface area contributed by atoms with E-state index >= 15 is 0 Å². The number of aliphatic carboxylic acids is 1. The molecule has 0 aromatic heterocycles. The second-order valence-electron chi connectivity index (χ2n) is 14.8. The Hall–Kier alpha value is -3.40. The van der Waals surface area contributed by atoms with Gasteiger partial charge in [0.25, 0.3) is 0 Å². The third kappa shape index (κ3) is 9.16. The molecule has 0 aliphatic carbocycles. The molecule has 0 saturated carbocycles. The summed E-state index contributed by atoms with van der Waals surface area (Å²) in [6, 6.07) is 9.93. The molecule has 0 bridgehead atoms. The molecular weight excluding hydrogens is 709 g/mol. The van der Waals surface area contributed by atoms with Gasteiger partial charge in [-0.2, -0.15) is 4.58 Å². The number of nitrogens with zero attached hydrogens (tertiary/aromatic N) is 2. The fraction of sp³-hybridized carbons (Fsp3) is 0.459. The number of hydrogen-bond acceptors (Lipinski definition) is 9. The minimum Gasteiger partial charge on any atom is -0.744 e. The Labute approximate surface area is 303 Å². The lowest BCUT2D eigenvalue weighted by atomic mass is 9.81. The van der Waals surface area contributed by atoms with Crippen molar-refractivity contribution < 1.29 is 44.8 Å². The molecule has 4 rings (SSSR count). The molecule has 2 heterocycles. The van der Waals surface area contributed by atoms with Crippen LogP contribution in [0.1, 0.15) is 70.9 Å². The van der Waals surface area contributed by atoms with Crippen LogP contribution in [0.5, 0.6) is 0 Å². The molecule has 278 valence electrons. The highest BCUT2D eigenvalue weighted by Crippen LogP contribution is 2.48. The molecule has 0 fully saturated rings. The molecule has 2 aliphatic rings. The fourth-order valence-electron chi connectivity index (χ4n) is 6.95. The predicted octanol–water partition coefficient (Wildman–Crippen LogP) is 6.55. The average molecular weight is 758 g/mol. The summed E-state index contributed by atoms with van der Waals surface area (Å²) in [6.07, 6.45) is 12.6. The van der Waals surface area contributed by atoms with E-state index in [1.54, 1.807) is 19.2 Å². The maximum Gasteiger partial charge on any atom is 0.303 e. The van der Waals surface area contributed by atoms with Gasteiger partial charge in [0.2, 0.25) is 5.69 Å². The number of carboxylic acid groups (broad SMARTS) is 1. The van der Waals surface area contributed by atoms with E-state index in [0.717, 1.165) is 46.4 Å². The third-order valence-corrected chi connectivity index (χ3v) is 14.3. The predicted molar refractivity (Wildman–Crippen MR) is 198 cm³/mol. The van der Waals surface area contributed by atoms with E-state index in [2.05, 4.69) is 22.6 Å². The normalized spacial score (nSPS) is 18.0. The topological polar surface area (TPSA) is 167 Å². The van der Waals surface area contributed by atoms with E-state index in [-0.39, 0.29) is 16.2 Å². The van der Waals surface area contributed by atoms with Gasteiger partial charge in [0, 0.05) is 61.0 Å². The molecule has 11 nitrogen and oxygen atoms in total. The summed E-state index contributed by atoms with van der Waals surface area (Å²) >= 11 is 0. The van der Waals surface area contributed by atoms with Crippen molar-refractivity contribution >= 4 is 51.6 Å². The zero-order valence-electron chi connectivity index (χ0n) is 30.4. The van der Waals surface area contributed by atoms with E-state index in [4.69, 9.17) is 9.53 Å². The van der Waals surface area contributed by atoms with Gasteiger partial charge < -0.3 is 23.5 Å². The molecule has 0 amide bonds. The lowest BCUT2D eigenvalue weighted by Gasteiger charge is -2.27. The maximum absolute atomic E-state index is 11.9. The van der Waals surface area contributed by atoms with Crippen LogP contribution in [0, 0.1) is 0 Å². The SMILES string of the molecule is CO[Si](C)(C)CCC[N+]1=C(C=CC=CC=C2N(CCCCCC(=O)O)c3ccc(S(=O)(=O)[O-])cc3C2(C)C)C(C)(C)c2cc(S(=O)(=O)[O-])ccc21. The van der Waals surface area contributed by atoms with Gasteiger partial charge >= 0.3 is 5.97 Å². The minimum absolute atomic E-state index is 0.0919. The van der Waals surface area contributed by atoms with Crippen LogP contribution in [0.25, 0.3) is 0 Å². The quantitative estimate of drug-likeness (QED) is 0.0652. The van der Waals surface area contributed by atoms with Gasteiger partial charge in [0.15, 0.2) is 14.0 Å². The first kappa shape index (κ1) is 40.4. The highest BCUT2D eigenvalue weighted by molar-refractivity contribution is 7.86. The summed E-state index contributed by atoms with van der Waals surface area (Å²) in [6.45, 7) is 13.6. The molecule has 0 spiro atoms. The Morgan fingerprint density at radius 2 is 1.51 bits per heavy atom. The van der Waals surface area contributed by atoms with E-state index < -0.39 is 45.4 Å². The van der Waals surface area contributed by atoms with Crippen molar-refractivity contribution in [1.82, 2.24) is 0 Å². The van der Waals surface area contributed by atoms with Gasteiger partial charge in [-0.3, -0.25) is 4.79 Å². The molecule has 51 heavy (non-hydrogen) atoms. The summed E-state index contributed by atoms with van der Waals surface area (Å²) in [5.41, 5.74) is 3.77. The average Bonchev–Trinajstić information content (AvgIpc) is 3.37. The smallest absolute Gasteiger partial charge is 0.303 e. The maximum atomic E-state index is 11.9. The number of allylic oxidation sites excluding steroid dienone is 6. The van der Waals surface area contributed by atoms with Crippen LogP contribution in [-0.4, -0.2) is 75.8 Å². The summed E-state index contributed by atoms with van der Waals surface area (Å²) in [5, 5.41) is 9.02. The standard InChI is InChI=1S/C37H50N2O9S2Si/c1-36(2)29-25-27(49(42,43)44)18-20-31(29)38(22-13-9-12-17-35(40)41)33(36)15-10-8-11-16-34-37(3,4)30-26-28(50(45,46)47)19-21-32(30)39(34)23-14-24-51(6,7)48-5/h8,10-11,15-16,18-21,25-26H,9,12-14,17,22-24H2,1-7H3,(H2-,40,41,42,43,44,45,46,47)/p-1. The summed E-state index contributed by atoms with van der Waals surface area (Å²) in [4.78, 5) is 12.6. The van der Waals surface area contributed by atoms with Crippen LogP contribution in [0.4, 0.5) is 11.4 Å². The number of unbranched alkanes of at least 4 members (excludes halogenated alkanes) is 2. The number of hydrogen-bond donors (Lipinski definition) is 1. The van der Waals surface area contributed by atoms with Gasteiger partial charge in [-0.05, 0) is 87.8 Å². The zero-order chi connectivity index (χ0) is 38.0. The number of carbonyl (C=O) groups is 1. The molecule has 2 aromatic carbocycles. The van der Waals surface area contributed by atoms with Crippen molar-refractivity contribution in [2.75, 3.05) is 25.1 Å². The summed E-state index contributed by atoms with van der Waals surface area (Å²) in [5.74, 6) is -0.837. The molecule has 2 aromatic rings. The largest absolute Gasteiger partial charge is 0.744 e. The Kier molecular flexibility index (Phi) is 12.1. The van der Waals surface area contributed by atoms with Crippen LogP contribution in [-0.2, 0) is 40.3 Å². The molecule has 0 unspecified atom stereocenters. The van der Waals surface area contributed by atoms with Gasteiger partial charge in [-0.15, -0.1) is 0 Å². The van der Waals surface area contributed by atoms with Crippen LogP contribution in [0.3, 0.4) is 0 Å². The highest BCUT2D eigenvalue weighted by atomic mass is 32.2. The zero-order valence-corrected chi connectivity index (χ0v) is 33.1. The van der Waals surface area contributed by atoms with Gasteiger partial charge in [-0.1, -0.05) is 38.5 Å². The van der Waals surface area contributed by atoms with Crippen LogP contribution >= 0.6 is 0 Å². The lowest BCUT2D eigenvalue weighted by Crippen LogP contribution is -2.30. The van der Waals surface area contributed by atoms with Crippen molar-refractivity contribution in [3.8, 4) is 0 Å². The first-order chi connectivity index (χ1) is 23.6. The van der Waals surface area contributed by atoms with Crippen LogP contribution in [0.15, 0.2) is 82.3 Å². The van der Waals surface area contributed by atoms with E-state index in [9.17, 15) is 30.7 Å². The van der Waals surface area contributed by atoms with E-state index in [1.165, 1.54) is 24.3 Å². The van der Waals surface area contributed by atoms with Crippen molar-refractivity contribution in [1.29, 1.82) is 0 Å². The van der Waals surface area contributed by atoms with Crippen molar-refractivity contribution in [2.24, 2.45) is 0 Å². The molecule has 14 heteroatoms. The Morgan fingerprint density at radius 3 is 2.12 bits per heavy atom. The van der Waals surface area contributed by atoms with Gasteiger partial charge in [-0.25, -0.2) is 16.8 Å².